The zero-order valence-corrected chi connectivity index (χ0v) is 16.2. The van der Waals surface area contributed by atoms with Gasteiger partial charge in [0.05, 0.1) is 34.2 Å². The topological polar surface area (TPSA) is 78.6 Å². The maximum absolute atomic E-state index is 14.2. The molecule has 2 aromatic carbocycles. The lowest BCUT2D eigenvalue weighted by molar-refractivity contribution is -0.142. The summed E-state index contributed by atoms with van der Waals surface area (Å²) in [6, 6.07) is 2.95. The number of alkyl halides is 3. The summed E-state index contributed by atoms with van der Waals surface area (Å²) in [6.07, 6.45) is -5.16. The number of amides is 1. The maximum Gasteiger partial charge on any atom is 0.416 e. The first kappa shape index (κ1) is 22.8. The Kier molecular flexibility index (Phi) is 6.97. The van der Waals surface area contributed by atoms with Gasteiger partial charge in [-0.3, -0.25) is 9.59 Å². The van der Waals surface area contributed by atoms with E-state index in [0.29, 0.717) is 6.07 Å². The highest BCUT2D eigenvalue weighted by molar-refractivity contribution is 6.34. The number of esters is 1. The van der Waals surface area contributed by atoms with Gasteiger partial charge in [-0.1, -0.05) is 23.2 Å². The third-order valence-corrected chi connectivity index (χ3v) is 4.30. The fraction of sp³-hybridized carbons (Fsp3) is 0.222. The van der Waals surface area contributed by atoms with Crippen LogP contribution in [0.4, 0.5) is 17.6 Å². The highest BCUT2D eigenvalue weighted by atomic mass is 35.5. The van der Waals surface area contributed by atoms with Crippen molar-refractivity contribution in [2.45, 2.75) is 19.5 Å². The largest absolute Gasteiger partial charge is 0.466 e. The van der Waals surface area contributed by atoms with E-state index in [1.165, 1.54) is 6.07 Å². The molecule has 0 spiro atoms. The summed E-state index contributed by atoms with van der Waals surface area (Å²) in [6.45, 7) is 1.69. The molecule has 0 radical (unpaired) electrons. The van der Waals surface area contributed by atoms with Gasteiger partial charge in [0.15, 0.2) is 11.6 Å². The Morgan fingerprint density at radius 2 is 1.79 bits per heavy atom. The molecule has 156 valence electrons. The average molecular weight is 454 g/mol. The van der Waals surface area contributed by atoms with Gasteiger partial charge in [-0.2, -0.15) is 13.2 Å². The van der Waals surface area contributed by atoms with E-state index >= 15 is 0 Å². The van der Waals surface area contributed by atoms with Crippen LogP contribution in [0.1, 0.15) is 28.4 Å². The molecule has 0 atom stereocenters. The fourth-order valence-corrected chi connectivity index (χ4v) is 2.84. The Morgan fingerprint density at radius 1 is 1.14 bits per heavy atom. The fourth-order valence-electron chi connectivity index (χ4n) is 2.33. The minimum atomic E-state index is -4.81. The molecule has 5 nitrogen and oxygen atoms in total. The smallest absolute Gasteiger partial charge is 0.416 e. The van der Waals surface area contributed by atoms with Gasteiger partial charge in [-0.25, -0.2) is 4.39 Å². The summed E-state index contributed by atoms with van der Waals surface area (Å²) < 4.78 is 62.5. The molecule has 11 heteroatoms. The maximum atomic E-state index is 14.2. The molecule has 0 unspecified atom stereocenters. The second kappa shape index (κ2) is 8.87. The van der Waals surface area contributed by atoms with Crippen LogP contribution in [0.5, 0.6) is 11.5 Å². The first-order chi connectivity index (χ1) is 13.4. The summed E-state index contributed by atoms with van der Waals surface area (Å²) in [5, 5.41) is -0.795. The number of primary amides is 1. The molecule has 0 heterocycles. The van der Waals surface area contributed by atoms with Crippen LogP contribution in [-0.4, -0.2) is 18.5 Å². The Hall–Kier alpha value is -2.52. The van der Waals surface area contributed by atoms with E-state index in [0.717, 1.165) is 6.07 Å². The number of benzene rings is 2. The van der Waals surface area contributed by atoms with E-state index in [2.05, 4.69) is 0 Å². The molecule has 0 bridgehead atoms. The normalized spacial score (nSPS) is 11.3. The molecule has 0 aliphatic rings. The highest BCUT2D eigenvalue weighted by Gasteiger charge is 2.33. The molecule has 29 heavy (non-hydrogen) atoms. The molecule has 0 saturated carbocycles. The molecule has 0 fully saturated rings. The molecule has 2 rings (SSSR count). The summed E-state index contributed by atoms with van der Waals surface area (Å²) in [4.78, 5) is 23.3. The SMILES string of the molecule is CCOC(=O)Cc1cc(Oc2c(F)cc(C(F)(F)F)cc2Cl)cc(C(N)=O)c1Cl. The van der Waals surface area contributed by atoms with Crippen molar-refractivity contribution in [1.82, 2.24) is 0 Å². The van der Waals surface area contributed by atoms with Gasteiger partial charge in [0.25, 0.3) is 0 Å². The summed E-state index contributed by atoms with van der Waals surface area (Å²) >= 11 is 11.8. The van der Waals surface area contributed by atoms with Crippen LogP contribution in [0.3, 0.4) is 0 Å². The Morgan fingerprint density at radius 3 is 2.31 bits per heavy atom. The molecule has 2 aromatic rings. The number of hydrogen-bond donors (Lipinski definition) is 1. The molecule has 0 saturated heterocycles. The first-order valence-corrected chi connectivity index (χ1v) is 8.71. The van der Waals surface area contributed by atoms with Crippen LogP contribution < -0.4 is 10.5 Å². The lowest BCUT2D eigenvalue weighted by atomic mass is 10.1. The number of hydrogen-bond acceptors (Lipinski definition) is 4. The molecular weight excluding hydrogens is 441 g/mol. The van der Waals surface area contributed by atoms with Crippen LogP contribution in [0.2, 0.25) is 10.0 Å². The molecule has 0 aliphatic carbocycles. The molecule has 0 aliphatic heterocycles. The average Bonchev–Trinajstić information content (AvgIpc) is 2.59. The molecule has 0 aromatic heterocycles. The van der Waals surface area contributed by atoms with Crippen molar-refractivity contribution in [3.05, 3.63) is 56.8 Å². The predicted molar refractivity (Wildman–Crippen MR) is 96.8 cm³/mol. The van der Waals surface area contributed by atoms with Crippen molar-refractivity contribution in [3.63, 3.8) is 0 Å². The third kappa shape index (κ3) is 5.51. The van der Waals surface area contributed by atoms with E-state index in [-0.39, 0.29) is 41.0 Å². The molecule has 2 N–H and O–H groups in total. The lowest BCUT2D eigenvalue weighted by Crippen LogP contribution is -2.14. The van der Waals surface area contributed by atoms with Crippen molar-refractivity contribution < 1.29 is 36.6 Å². The van der Waals surface area contributed by atoms with Crippen molar-refractivity contribution >= 4 is 35.1 Å². The van der Waals surface area contributed by atoms with Crippen LogP contribution in [0.25, 0.3) is 0 Å². The third-order valence-electron chi connectivity index (χ3n) is 3.57. The van der Waals surface area contributed by atoms with Crippen LogP contribution in [0.15, 0.2) is 24.3 Å². The van der Waals surface area contributed by atoms with Gasteiger partial charge in [-0.15, -0.1) is 0 Å². The number of halogens is 6. The van der Waals surface area contributed by atoms with Gasteiger partial charge < -0.3 is 15.2 Å². The number of carbonyl (C=O) groups is 2. The van der Waals surface area contributed by atoms with Gasteiger partial charge >= 0.3 is 12.1 Å². The second-order valence-electron chi connectivity index (χ2n) is 5.66. The quantitative estimate of drug-likeness (QED) is 0.484. The standard InChI is InChI=1S/C18H13Cl2F4NO4/c1-2-28-14(26)4-8-3-10(7-11(15(8)20)17(25)27)29-16-12(19)5-9(6-13(16)21)18(22,23)24/h3,5-7H,2,4H2,1H3,(H2,25,27). The number of ether oxygens (including phenoxy) is 2. The minimum Gasteiger partial charge on any atom is -0.466 e. The van der Waals surface area contributed by atoms with Crippen LogP contribution >= 0.6 is 23.2 Å². The van der Waals surface area contributed by atoms with E-state index < -0.39 is 40.2 Å². The Labute approximate surface area is 172 Å². The van der Waals surface area contributed by atoms with E-state index in [1.807, 2.05) is 0 Å². The lowest BCUT2D eigenvalue weighted by Gasteiger charge is -2.15. The van der Waals surface area contributed by atoms with Crippen LogP contribution in [0, 0.1) is 5.82 Å². The number of rotatable bonds is 6. The second-order valence-corrected chi connectivity index (χ2v) is 6.44. The van der Waals surface area contributed by atoms with Crippen molar-refractivity contribution in [3.8, 4) is 11.5 Å². The Bertz CT molecular complexity index is 941. The highest BCUT2D eigenvalue weighted by Crippen LogP contribution is 2.39. The summed E-state index contributed by atoms with van der Waals surface area (Å²) in [7, 11) is 0. The zero-order chi connectivity index (χ0) is 21.9. The van der Waals surface area contributed by atoms with Crippen molar-refractivity contribution in [1.29, 1.82) is 0 Å². The van der Waals surface area contributed by atoms with Crippen molar-refractivity contribution in [2.75, 3.05) is 6.61 Å². The molecule has 1 amide bonds. The Balaban J connectivity index is 2.49. The molecular formula is C18H13Cl2F4NO4. The van der Waals surface area contributed by atoms with Gasteiger partial charge in [0.1, 0.15) is 5.75 Å². The number of carbonyl (C=O) groups excluding carboxylic acids is 2. The van der Waals surface area contributed by atoms with Crippen LogP contribution in [-0.2, 0) is 22.1 Å². The van der Waals surface area contributed by atoms with E-state index in [9.17, 15) is 27.2 Å². The monoisotopic (exact) mass is 453 g/mol. The van der Waals surface area contributed by atoms with E-state index in [1.54, 1.807) is 6.92 Å². The van der Waals surface area contributed by atoms with Crippen molar-refractivity contribution in [2.24, 2.45) is 5.73 Å². The zero-order valence-electron chi connectivity index (χ0n) is 14.7. The van der Waals surface area contributed by atoms with E-state index in [4.69, 9.17) is 38.4 Å². The van der Waals surface area contributed by atoms with Gasteiger partial charge in [-0.05, 0) is 36.8 Å². The van der Waals surface area contributed by atoms with Gasteiger partial charge in [0.2, 0.25) is 5.91 Å². The first-order valence-electron chi connectivity index (χ1n) is 7.96. The van der Waals surface area contributed by atoms with Gasteiger partial charge in [0, 0.05) is 0 Å². The minimum absolute atomic E-state index is 0.0832. The predicted octanol–water partition coefficient (Wildman–Crippen LogP) is 5.15. The summed E-state index contributed by atoms with van der Waals surface area (Å²) in [5.41, 5.74) is 3.78. The summed E-state index contributed by atoms with van der Waals surface area (Å²) in [5.74, 6) is -3.94. The number of nitrogens with two attached hydrogens (primary N) is 1.